The fourth-order valence-electron chi connectivity index (χ4n) is 3.30. The number of hydrogen-bond donors (Lipinski definition) is 3. The van der Waals surface area contributed by atoms with Crippen LogP contribution in [0.25, 0.3) is 0 Å². The molecule has 0 spiro atoms. The summed E-state index contributed by atoms with van der Waals surface area (Å²) in [5.41, 5.74) is 1.47. The highest BCUT2D eigenvalue weighted by molar-refractivity contribution is 5.76. The molecule has 0 radical (unpaired) electrons. The van der Waals surface area contributed by atoms with Crippen LogP contribution in [0.15, 0.2) is 48.5 Å². The molecule has 2 aromatic carbocycles. The Labute approximate surface area is 153 Å². The number of hydrogen-bond acceptors (Lipinski definition) is 3. The van der Waals surface area contributed by atoms with Crippen molar-refractivity contribution in [1.82, 2.24) is 5.32 Å². The summed E-state index contributed by atoms with van der Waals surface area (Å²) in [6.45, 7) is 4.15. The number of carbonyl (C=O) groups is 1. The van der Waals surface area contributed by atoms with Gasteiger partial charge in [-0.15, -0.1) is 0 Å². The van der Waals surface area contributed by atoms with Gasteiger partial charge >= 0.3 is 0 Å². The first-order valence-electron chi connectivity index (χ1n) is 9.00. The highest BCUT2D eigenvalue weighted by Crippen LogP contribution is 2.25. The molecule has 0 atom stereocenters. The molecule has 1 saturated heterocycles. The third-order valence-electron chi connectivity index (χ3n) is 4.78. The van der Waals surface area contributed by atoms with E-state index >= 15 is 0 Å². The molecule has 0 unspecified atom stereocenters. The molecule has 0 aliphatic carbocycles. The molecular formula is C20H25FN3O2+. The first kappa shape index (κ1) is 18.2. The van der Waals surface area contributed by atoms with Crippen molar-refractivity contribution < 1.29 is 19.2 Å². The Morgan fingerprint density at radius 2 is 1.81 bits per heavy atom. The predicted molar refractivity (Wildman–Crippen MR) is 99.0 cm³/mol. The highest BCUT2D eigenvalue weighted by Gasteiger charge is 2.23. The maximum absolute atomic E-state index is 13.6. The second kappa shape index (κ2) is 8.67. The Balaban J connectivity index is 1.39. The fourth-order valence-corrected chi connectivity index (χ4v) is 3.30. The largest absolute Gasteiger partial charge is 0.506 e. The van der Waals surface area contributed by atoms with Gasteiger partial charge in [-0.25, -0.2) is 4.39 Å². The number of phenols is 1. The number of aromatic hydroxyl groups is 1. The summed E-state index contributed by atoms with van der Waals surface area (Å²) in [4.78, 5) is 15.5. The number of anilines is 1. The number of phenolic OH excluding ortho intramolecular Hbond substituents is 1. The zero-order valence-electron chi connectivity index (χ0n) is 14.7. The standard InChI is InChI=1S/C20H24FN3O2/c21-17-6-2-1-5-16(17)9-10-22-20(26)15-23-11-13-24(14-12-23)18-7-3-4-8-19(18)25/h1-8,25H,9-15H2,(H,22,26)/p+1. The molecule has 5 nitrogen and oxygen atoms in total. The maximum Gasteiger partial charge on any atom is 0.275 e. The quantitative estimate of drug-likeness (QED) is 0.709. The van der Waals surface area contributed by atoms with Gasteiger partial charge in [0.05, 0.1) is 31.9 Å². The van der Waals surface area contributed by atoms with Crippen molar-refractivity contribution in [2.75, 3.05) is 44.2 Å². The van der Waals surface area contributed by atoms with E-state index in [4.69, 9.17) is 0 Å². The molecule has 6 heteroatoms. The number of nitrogens with zero attached hydrogens (tertiary/aromatic N) is 1. The number of benzene rings is 2. The zero-order valence-corrected chi connectivity index (χ0v) is 14.7. The molecule has 0 aromatic heterocycles. The van der Waals surface area contributed by atoms with E-state index in [0.29, 0.717) is 30.8 Å². The average molecular weight is 358 g/mol. The van der Waals surface area contributed by atoms with Crippen LogP contribution in [0.4, 0.5) is 10.1 Å². The van der Waals surface area contributed by atoms with Crippen LogP contribution < -0.4 is 15.1 Å². The number of para-hydroxylation sites is 2. The van der Waals surface area contributed by atoms with Crippen molar-refractivity contribution >= 4 is 11.6 Å². The Morgan fingerprint density at radius 1 is 1.12 bits per heavy atom. The summed E-state index contributed by atoms with van der Waals surface area (Å²) in [6.07, 6.45) is 0.495. The van der Waals surface area contributed by atoms with E-state index < -0.39 is 0 Å². The Bertz CT molecular complexity index is 745. The zero-order chi connectivity index (χ0) is 18.4. The minimum Gasteiger partial charge on any atom is -0.506 e. The van der Waals surface area contributed by atoms with E-state index in [1.807, 2.05) is 18.2 Å². The van der Waals surface area contributed by atoms with E-state index in [-0.39, 0.29) is 11.7 Å². The van der Waals surface area contributed by atoms with Gasteiger partial charge in [-0.1, -0.05) is 30.3 Å². The van der Waals surface area contributed by atoms with Gasteiger partial charge in [0.2, 0.25) is 0 Å². The van der Waals surface area contributed by atoms with Crippen LogP contribution in [0.5, 0.6) is 5.75 Å². The van der Waals surface area contributed by atoms with Crippen molar-refractivity contribution in [2.45, 2.75) is 6.42 Å². The van der Waals surface area contributed by atoms with E-state index in [1.54, 1.807) is 24.3 Å². The topological polar surface area (TPSA) is 57.0 Å². The Kier molecular flexibility index (Phi) is 6.07. The molecule has 1 fully saturated rings. The molecule has 1 heterocycles. The number of halogens is 1. The molecule has 0 saturated carbocycles. The first-order chi connectivity index (χ1) is 12.6. The number of piperazine rings is 1. The van der Waals surface area contributed by atoms with Crippen LogP contribution in [0, 0.1) is 5.82 Å². The third kappa shape index (κ3) is 4.73. The molecule has 1 aliphatic rings. The Hall–Kier alpha value is -2.60. The fraction of sp³-hybridized carbons (Fsp3) is 0.350. The van der Waals surface area contributed by atoms with Gasteiger partial charge in [0, 0.05) is 6.54 Å². The number of quaternary nitrogens is 1. The van der Waals surface area contributed by atoms with Gasteiger partial charge in [0.1, 0.15) is 11.6 Å². The molecule has 3 N–H and O–H groups in total. The smallest absolute Gasteiger partial charge is 0.275 e. The van der Waals surface area contributed by atoms with E-state index in [1.165, 1.54) is 11.0 Å². The third-order valence-corrected chi connectivity index (χ3v) is 4.78. The second-order valence-corrected chi connectivity index (χ2v) is 6.59. The van der Waals surface area contributed by atoms with Crippen molar-refractivity contribution in [3.8, 4) is 5.75 Å². The van der Waals surface area contributed by atoms with Gasteiger partial charge < -0.3 is 20.2 Å². The summed E-state index contributed by atoms with van der Waals surface area (Å²) in [6, 6.07) is 14.0. The molecule has 2 aromatic rings. The van der Waals surface area contributed by atoms with Crippen LogP contribution in [0.2, 0.25) is 0 Å². The van der Waals surface area contributed by atoms with Gasteiger partial charge in [-0.2, -0.15) is 0 Å². The molecule has 138 valence electrons. The van der Waals surface area contributed by atoms with Gasteiger partial charge in [0.15, 0.2) is 6.54 Å². The second-order valence-electron chi connectivity index (χ2n) is 6.59. The molecule has 3 rings (SSSR count). The predicted octanol–water partition coefficient (Wildman–Crippen LogP) is 0.595. The van der Waals surface area contributed by atoms with E-state index in [9.17, 15) is 14.3 Å². The van der Waals surface area contributed by atoms with E-state index in [0.717, 1.165) is 31.9 Å². The maximum atomic E-state index is 13.6. The lowest BCUT2D eigenvalue weighted by atomic mass is 10.1. The van der Waals surface area contributed by atoms with Gasteiger partial charge in [-0.05, 0) is 30.2 Å². The molecule has 0 bridgehead atoms. The molecular weight excluding hydrogens is 333 g/mol. The number of rotatable bonds is 6. The first-order valence-corrected chi connectivity index (χ1v) is 9.00. The minimum atomic E-state index is -0.229. The summed E-state index contributed by atoms with van der Waals surface area (Å²) < 4.78 is 13.6. The number of nitrogens with one attached hydrogen (secondary N) is 2. The lowest BCUT2D eigenvalue weighted by Crippen LogP contribution is -3.16. The van der Waals surface area contributed by atoms with Crippen molar-refractivity contribution in [3.63, 3.8) is 0 Å². The van der Waals surface area contributed by atoms with Crippen molar-refractivity contribution in [3.05, 3.63) is 59.9 Å². The summed E-state index contributed by atoms with van der Waals surface area (Å²) >= 11 is 0. The summed E-state index contributed by atoms with van der Waals surface area (Å²) in [5.74, 6) is 0.0573. The molecule has 1 aliphatic heterocycles. The van der Waals surface area contributed by atoms with Crippen LogP contribution >= 0.6 is 0 Å². The van der Waals surface area contributed by atoms with Crippen LogP contribution in [-0.4, -0.2) is 50.3 Å². The molecule has 26 heavy (non-hydrogen) atoms. The SMILES string of the molecule is O=C(C[NH+]1CCN(c2ccccc2O)CC1)NCCc1ccccc1F. The van der Waals surface area contributed by atoms with E-state index in [2.05, 4.69) is 10.2 Å². The summed E-state index contributed by atoms with van der Waals surface area (Å²) in [7, 11) is 0. The lowest BCUT2D eigenvalue weighted by Gasteiger charge is -2.33. The lowest BCUT2D eigenvalue weighted by molar-refractivity contribution is -0.892. The number of carbonyl (C=O) groups excluding carboxylic acids is 1. The monoisotopic (exact) mass is 358 g/mol. The highest BCUT2D eigenvalue weighted by atomic mass is 19.1. The van der Waals surface area contributed by atoms with Gasteiger partial charge in [0.25, 0.3) is 5.91 Å². The van der Waals surface area contributed by atoms with Gasteiger partial charge in [-0.3, -0.25) is 4.79 Å². The normalized spacial score (nSPS) is 15.0. The molecule has 1 amide bonds. The van der Waals surface area contributed by atoms with Crippen LogP contribution in [0.3, 0.4) is 0 Å². The van der Waals surface area contributed by atoms with Crippen molar-refractivity contribution in [2.24, 2.45) is 0 Å². The van der Waals surface area contributed by atoms with Crippen LogP contribution in [0.1, 0.15) is 5.56 Å². The minimum absolute atomic E-state index is 0.00709. The van der Waals surface area contributed by atoms with Crippen LogP contribution in [-0.2, 0) is 11.2 Å². The Morgan fingerprint density at radius 3 is 2.54 bits per heavy atom. The summed E-state index contributed by atoms with van der Waals surface area (Å²) in [5, 5.41) is 12.8. The number of amides is 1. The average Bonchev–Trinajstić information content (AvgIpc) is 2.64. The van der Waals surface area contributed by atoms with Crippen molar-refractivity contribution in [1.29, 1.82) is 0 Å².